The van der Waals surface area contributed by atoms with E-state index in [1.54, 1.807) is 20.8 Å². The number of carbonyl (C=O) groups is 1. The number of fused-ring (bicyclic) bond motifs is 1. The van der Waals surface area contributed by atoms with Crippen LogP contribution in [0.1, 0.15) is 27.7 Å². The molecule has 1 aliphatic heterocycles. The summed E-state index contributed by atoms with van der Waals surface area (Å²) in [5.41, 5.74) is -3.13. The van der Waals surface area contributed by atoms with Crippen molar-refractivity contribution in [2.24, 2.45) is 5.41 Å². The Hall–Kier alpha value is 0.621. The van der Waals surface area contributed by atoms with Gasteiger partial charge in [-0.15, -0.1) is 0 Å². The summed E-state index contributed by atoms with van der Waals surface area (Å²) in [6.07, 6.45) is -0.985. The molecule has 2 aliphatic rings. The van der Waals surface area contributed by atoms with E-state index < -0.39 is 48.4 Å². The number of likely N-dealkylation sites (tertiary alicyclic amines) is 1. The fourth-order valence-electron chi connectivity index (χ4n) is 3.17. The first-order valence-electron chi connectivity index (χ1n) is 6.25. The molecule has 21 heavy (non-hydrogen) atoms. The van der Waals surface area contributed by atoms with Crippen LogP contribution in [0, 0.1) is 5.41 Å². The molecule has 2 fully saturated rings. The van der Waals surface area contributed by atoms with Crippen molar-refractivity contribution in [2.75, 3.05) is 13.1 Å². The molecule has 2 rings (SSSR count). The second kappa shape index (κ2) is 5.06. The smallest absolute Gasteiger partial charge is 0.448 e. The minimum atomic E-state index is -5.77. The van der Waals surface area contributed by atoms with Gasteiger partial charge in [-0.2, -0.15) is 0 Å². The number of rotatable bonds is 1. The first kappa shape index (κ1) is 19.7. The van der Waals surface area contributed by atoms with Crippen LogP contribution in [0.4, 0.5) is 26.5 Å². The molecule has 0 spiro atoms. The average molecular weight is 339 g/mol. The molecule has 0 bridgehead atoms. The number of amides is 1. The van der Waals surface area contributed by atoms with E-state index in [-0.39, 0.29) is 51.4 Å². The van der Waals surface area contributed by atoms with E-state index in [4.69, 9.17) is 4.74 Å². The number of hydrogen-bond acceptors (Lipinski definition) is 2. The third-order valence-corrected chi connectivity index (χ3v) is 4.33. The Kier molecular flexibility index (Phi) is 4.74. The van der Waals surface area contributed by atoms with Gasteiger partial charge in [-0.25, -0.2) is 13.6 Å². The Morgan fingerprint density at radius 1 is 1.19 bits per heavy atom. The fourth-order valence-corrected chi connectivity index (χ4v) is 3.17. The molecule has 0 radical (unpaired) electrons. The van der Waals surface area contributed by atoms with Gasteiger partial charge in [0.15, 0.2) is 0 Å². The maximum atomic E-state index is 13.7. The van der Waals surface area contributed by atoms with Gasteiger partial charge in [-0.3, -0.25) is 0 Å². The molecule has 0 N–H and O–H groups in total. The van der Waals surface area contributed by atoms with E-state index in [1.807, 2.05) is 0 Å². The minimum Gasteiger partial charge on any atom is -0.448 e. The van der Waals surface area contributed by atoms with Gasteiger partial charge in [0.2, 0.25) is 5.92 Å². The third-order valence-electron chi connectivity index (χ3n) is 4.33. The standard InChI is InChI=1S/C11H16BF5NO2.K/c1-8(2,3)20-7(19)18-5-9(4)10(6-18,11(9,13)14)12(15,16)17;/h5-6H2,1-4H3;/q-1;+1. The Morgan fingerprint density at radius 2 is 1.67 bits per heavy atom. The summed E-state index contributed by atoms with van der Waals surface area (Å²) in [5, 5.41) is -3.09. The van der Waals surface area contributed by atoms with Crippen LogP contribution in [0.25, 0.3) is 0 Å². The van der Waals surface area contributed by atoms with Gasteiger partial charge in [-0.1, -0.05) is 6.92 Å². The van der Waals surface area contributed by atoms with Crippen LogP contribution >= 0.6 is 0 Å². The number of piperidine rings is 1. The summed E-state index contributed by atoms with van der Waals surface area (Å²) in [4.78, 5) is 12.5. The summed E-state index contributed by atoms with van der Waals surface area (Å²) >= 11 is 0. The molecule has 1 saturated heterocycles. The summed E-state index contributed by atoms with van der Waals surface area (Å²) in [7, 11) is 0. The van der Waals surface area contributed by atoms with Crippen molar-refractivity contribution in [3.05, 3.63) is 0 Å². The van der Waals surface area contributed by atoms with Crippen LogP contribution in [0.3, 0.4) is 0 Å². The van der Waals surface area contributed by atoms with Crippen LogP contribution in [0.15, 0.2) is 0 Å². The largest absolute Gasteiger partial charge is 1.00 e. The van der Waals surface area contributed by atoms with Gasteiger partial charge in [0, 0.05) is 23.8 Å². The van der Waals surface area contributed by atoms with Crippen molar-refractivity contribution in [2.45, 2.75) is 44.5 Å². The Labute approximate surface area is 162 Å². The molecule has 0 aromatic heterocycles. The van der Waals surface area contributed by atoms with E-state index in [1.165, 1.54) is 0 Å². The Morgan fingerprint density at radius 3 is 2.00 bits per heavy atom. The monoisotopic (exact) mass is 339 g/mol. The number of hydrogen-bond donors (Lipinski definition) is 0. The van der Waals surface area contributed by atoms with Crippen LogP contribution in [-0.4, -0.2) is 42.6 Å². The van der Waals surface area contributed by atoms with E-state index >= 15 is 0 Å². The number of nitrogens with zero attached hydrogens (tertiary/aromatic N) is 1. The van der Waals surface area contributed by atoms with Gasteiger partial charge in [0.05, 0.1) is 0 Å². The predicted molar refractivity (Wildman–Crippen MR) is 62.6 cm³/mol. The normalized spacial score (nSPS) is 34.0. The first-order chi connectivity index (χ1) is 8.70. The zero-order valence-corrected chi connectivity index (χ0v) is 15.8. The van der Waals surface area contributed by atoms with Gasteiger partial charge < -0.3 is 22.6 Å². The summed E-state index contributed by atoms with van der Waals surface area (Å²) < 4.78 is 71.6. The van der Waals surface area contributed by atoms with Crippen LogP contribution in [0.5, 0.6) is 0 Å². The van der Waals surface area contributed by atoms with Crippen molar-refractivity contribution < 1.29 is 82.6 Å². The SMILES string of the molecule is CC(C)(C)OC(=O)N1CC2(C)C(F)(F)C2([B-](F)(F)F)C1.[K+]. The number of ether oxygens (including phenoxy) is 1. The van der Waals surface area contributed by atoms with Crippen LogP contribution in [-0.2, 0) is 4.74 Å². The van der Waals surface area contributed by atoms with Crippen molar-refractivity contribution in [3.8, 4) is 0 Å². The molecule has 1 amide bonds. The predicted octanol–water partition coefficient (Wildman–Crippen LogP) is 0.484. The molecule has 1 aliphatic carbocycles. The van der Waals surface area contributed by atoms with Gasteiger partial charge >= 0.3 is 64.5 Å². The third kappa shape index (κ3) is 2.49. The second-order valence-corrected chi connectivity index (χ2v) is 6.79. The van der Waals surface area contributed by atoms with Crippen molar-refractivity contribution >= 4 is 13.1 Å². The summed E-state index contributed by atoms with van der Waals surface area (Å²) in [6.45, 7) is -1.89. The zero-order valence-electron chi connectivity index (χ0n) is 12.6. The quantitative estimate of drug-likeness (QED) is 0.514. The Bertz CT molecular complexity index is 467. The zero-order chi connectivity index (χ0) is 15.8. The maximum absolute atomic E-state index is 13.7. The molecule has 116 valence electrons. The molecule has 2 unspecified atom stereocenters. The van der Waals surface area contributed by atoms with Gasteiger partial charge in [0.25, 0.3) is 0 Å². The molecule has 2 atom stereocenters. The summed E-state index contributed by atoms with van der Waals surface area (Å²) in [5.74, 6) is -3.82. The van der Waals surface area contributed by atoms with E-state index in [2.05, 4.69) is 0 Å². The second-order valence-electron chi connectivity index (χ2n) is 6.79. The van der Waals surface area contributed by atoms with E-state index in [9.17, 15) is 26.5 Å². The van der Waals surface area contributed by atoms with Crippen molar-refractivity contribution in [1.29, 1.82) is 0 Å². The Balaban J connectivity index is 0.00000220. The van der Waals surface area contributed by atoms with E-state index in [0.29, 0.717) is 0 Å². The number of carbonyl (C=O) groups excluding carboxylic acids is 1. The fraction of sp³-hybridized carbons (Fsp3) is 0.909. The molecule has 10 heteroatoms. The number of alkyl halides is 2. The topological polar surface area (TPSA) is 29.5 Å². The van der Waals surface area contributed by atoms with Crippen LogP contribution in [0.2, 0.25) is 5.31 Å². The van der Waals surface area contributed by atoms with Crippen molar-refractivity contribution in [3.63, 3.8) is 0 Å². The number of halogens is 5. The summed E-state index contributed by atoms with van der Waals surface area (Å²) in [6, 6.07) is 0. The van der Waals surface area contributed by atoms with E-state index in [0.717, 1.165) is 11.8 Å². The average Bonchev–Trinajstić information content (AvgIpc) is 2.51. The first-order valence-corrected chi connectivity index (χ1v) is 6.25. The molecular formula is C11H16BF5KNO2. The molecular weight excluding hydrogens is 323 g/mol. The molecule has 3 nitrogen and oxygen atoms in total. The van der Waals surface area contributed by atoms with Crippen LogP contribution < -0.4 is 51.4 Å². The molecule has 0 aromatic carbocycles. The molecule has 1 saturated carbocycles. The van der Waals surface area contributed by atoms with Gasteiger partial charge in [-0.05, 0) is 20.8 Å². The minimum absolute atomic E-state index is 0. The van der Waals surface area contributed by atoms with Gasteiger partial charge in [0.1, 0.15) is 5.60 Å². The molecule has 0 aromatic rings. The molecule has 1 heterocycles. The maximum Gasteiger partial charge on any atom is 1.00 e. The van der Waals surface area contributed by atoms with Crippen molar-refractivity contribution in [1.82, 2.24) is 4.90 Å².